The molecule has 1 fully saturated rings. The molecule has 31 heavy (non-hydrogen) atoms. The molecule has 0 saturated carbocycles. The zero-order valence-corrected chi connectivity index (χ0v) is 17.8. The summed E-state index contributed by atoms with van der Waals surface area (Å²) in [5, 5.41) is 5.48. The summed E-state index contributed by atoms with van der Waals surface area (Å²) in [5.74, 6) is -1.83. The van der Waals surface area contributed by atoms with Crippen molar-refractivity contribution in [2.75, 3.05) is 34.0 Å². The first-order chi connectivity index (χ1) is 14.8. The number of nitrogens with one attached hydrogen (secondary N) is 2. The van der Waals surface area contributed by atoms with Gasteiger partial charge in [-0.3, -0.25) is 19.2 Å². The van der Waals surface area contributed by atoms with E-state index in [2.05, 4.69) is 10.6 Å². The fourth-order valence-electron chi connectivity index (χ4n) is 3.59. The fourth-order valence-corrected chi connectivity index (χ4v) is 3.59. The summed E-state index contributed by atoms with van der Waals surface area (Å²) >= 11 is 0. The molecule has 3 unspecified atom stereocenters. The molecule has 0 bridgehead atoms. The summed E-state index contributed by atoms with van der Waals surface area (Å²) in [6.45, 7) is -0.00756. The Balaban J connectivity index is 2.13. The maximum absolute atomic E-state index is 13.1. The predicted molar refractivity (Wildman–Crippen MR) is 112 cm³/mol. The van der Waals surface area contributed by atoms with Gasteiger partial charge in [0.2, 0.25) is 23.6 Å². The lowest BCUT2D eigenvalue weighted by Gasteiger charge is -2.39. The van der Waals surface area contributed by atoms with Crippen LogP contribution in [0.25, 0.3) is 0 Å². The van der Waals surface area contributed by atoms with Crippen LogP contribution in [-0.2, 0) is 35.1 Å². The minimum Gasteiger partial charge on any atom is -0.375 e. The summed E-state index contributed by atoms with van der Waals surface area (Å²) in [5.41, 5.74) is 6.35. The van der Waals surface area contributed by atoms with Crippen LogP contribution in [0.5, 0.6) is 0 Å². The van der Waals surface area contributed by atoms with Gasteiger partial charge in [-0.2, -0.15) is 0 Å². The summed E-state index contributed by atoms with van der Waals surface area (Å²) in [6, 6.07) is 7.05. The van der Waals surface area contributed by atoms with Gasteiger partial charge in [0, 0.05) is 33.2 Å². The highest BCUT2D eigenvalue weighted by molar-refractivity contribution is 5.92. The SMILES string of the molecule is COCC(=O)NC1CCN(C(=O)COC)C(C(=O)NC(Cc2ccccc2)C(N)=O)C1. The van der Waals surface area contributed by atoms with E-state index >= 15 is 0 Å². The molecule has 0 aliphatic carbocycles. The quantitative estimate of drug-likeness (QED) is 0.430. The van der Waals surface area contributed by atoms with Gasteiger partial charge in [0.25, 0.3) is 0 Å². The van der Waals surface area contributed by atoms with Crippen LogP contribution in [0.2, 0.25) is 0 Å². The van der Waals surface area contributed by atoms with Gasteiger partial charge in [-0.05, 0) is 18.4 Å². The zero-order valence-electron chi connectivity index (χ0n) is 17.8. The number of benzene rings is 1. The lowest BCUT2D eigenvalue weighted by Crippen LogP contribution is -2.60. The first-order valence-corrected chi connectivity index (χ1v) is 10.1. The molecule has 1 heterocycles. The first-order valence-electron chi connectivity index (χ1n) is 10.1. The molecule has 1 aliphatic heterocycles. The van der Waals surface area contributed by atoms with E-state index in [1.165, 1.54) is 19.1 Å². The van der Waals surface area contributed by atoms with Gasteiger partial charge in [0.05, 0.1) is 0 Å². The van der Waals surface area contributed by atoms with Crippen molar-refractivity contribution in [1.29, 1.82) is 0 Å². The van der Waals surface area contributed by atoms with Crippen molar-refractivity contribution in [3.8, 4) is 0 Å². The number of nitrogens with zero attached hydrogens (tertiary/aromatic N) is 1. The number of piperidine rings is 1. The molecule has 0 spiro atoms. The molecule has 1 aliphatic rings. The van der Waals surface area contributed by atoms with Crippen LogP contribution in [0, 0.1) is 0 Å². The third-order valence-corrected chi connectivity index (χ3v) is 5.08. The number of primary amides is 1. The van der Waals surface area contributed by atoms with Gasteiger partial charge in [-0.15, -0.1) is 0 Å². The highest BCUT2D eigenvalue weighted by Crippen LogP contribution is 2.19. The van der Waals surface area contributed by atoms with Gasteiger partial charge in [-0.1, -0.05) is 30.3 Å². The zero-order chi connectivity index (χ0) is 22.8. The second-order valence-corrected chi connectivity index (χ2v) is 7.41. The van der Waals surface area contributed by atoms with E-state index < -0.39 is 23.9 Å². The van der Waals surface area contributed by atoms with E-state index in [9.17, 15) is 19.2 Å². The van der Waals surface area contributed by atoms with Crippen molar-refractivity contribution in [3.63, 3.8) is 0 Å². The summed E-state index contributed by atoms with van der Waals surface area (Å²) < 4.78 is 9.75. The van der Waals surface area contributed by atoms with Gasteiger partial charge in [0.1, 0.15) is 25.3 Å². The number of likely N-dealkylation sites (tertiary alicyclic amines) is 1. The number of nitrogens with two attached hydrogens (primary N) is 1. The van der Waals surface area contributed by atoms with Crippen molar-refractivity contribution < 1.29 is 28.7 Å². The van der Waals surface area contributed by atoms with Crippen LogP contribution in [0.15, 0.2) is 30.3 Å². The average molecular weight is 434 g/mol. The maximum Gasteiger partial charge on any atom is 0.249 e. The van der Waals surface area contributed by atoms with Crippen molar-refractivity contribution in [2.24, 2.45) is 5.73 Å². The second kappa shape index (κ2) is 12.0. The Morgan fingerprint density at radius 3 is 2.42 bits per heavy atom. The van der Waals surface area contributed by atoms with E-state index in [1.807, 2.05) is 30.3 Å². The van der Waals surface area contributed by atoms with E-state index in [-0.39, 0.29) is 50.5 Å². The highest BCUT2D eigenvalue weighted by Gasteiger charge is 2.37. The van der Waals surface area contributed by atoms with Gasteiger partial charge >= 0.3 is 0 Å². The van der Waals surface area contributed by atoms with Crippen LogP contribution in [0.1, 0.15) is 18.4 Å². The van der Waals surface area contributed by atoms with E-state index in [0.29, 0.717) is 6.42 Å². The van der Waals surface area contributed by atoms with Gasteiger partial charge in [0.15, 0.2) is 0 Å². The summed E-state index contributed by atoms with van der Waals surface area (Å²) in [4.78, 5) is 50.8. The Morgan fingerprint density at radius 1 is 1.13 bits per heavy atom. The number of carbonyl (C=O) groups excluding carboxylic acids is 4. The molecule has 10 nitrogen and oxygen atoms in total. The monoisotopic (exact) mass is 434 g/mol. The maximum atomic E-state index is 13.1. The number of amides is 4. The molecule has 0 radical (unpaired) electrons. The number of ether oxygens (including phenoxy) is 2. The standard InChI is InChI=1S/C21H30N4O6/c1-30-12-18(26)23-15-8-9-25(19(27)13-31-2)17(11-15)21(29)24-16(20(22)28)10-14-6-4-3-5-7-14/h3-7,15-17H,8-13H2,1-2H3,(H2,22,28)(H,23,26)(H,24,29). The normalized spacial score (nSPS) is 19.4. The molecule has 3 atom stereocenters. The molecule has 1 aromatic rings. The van der Waals surface area contributed by atoms with Crippen LogP contribution in [0.3, 0.4) is 0 Å². The third-order valence-electron chi connectivity index (χ3n) is 5.08. The van der Waals surface area contributed by atoms with E-state index in [4.69, 9.17) is 15.2 Å². The molecular formula is C21H30N4O6. The Morgan fingerprint density at radius 2 is 1.81 bits per heavy atom. The Bertz CT molecular complexity index is 772. The molecule has 4 N–H and O–H groups in total. The van der Waals surface area contributed by atoms with Gasteiger partial charge < -0.3 is 30.7 Å². The molecule has 170 valence electrons. The Kier molecular flexibility index (Phi) is 9.41. The summed E-state index contributed by atoms with van der Waals surface area (Å²) in [7, 11) is 2.81. The largest absolute Gasteiger partial charge is 0.375 e. The Labute approximate surface area is 181 Å². The molecule has 0 aromatic heterocycles. The number of rotatable bonds is 10. The average Bonchev–Trinajstić information content (AvgIpc) is 2.74. The number of hydrogen-bond acceptors (Lipinski definition) is 6. The lowest BCUT2D eigenvalue weighted by molar-refractivity contribution is -0.146. The van der Waals surface area contributed by atoms with Crippen LogP contribution in [0.4, 0.5) is 0 Å². The number of hydrogen-bond donors (Lipinski definition) is 3. The smallest absolute Gasteiger partial charge is 0.249 e. The third kappa shape index (κ3) is 7.34. The second-order valence-electron chi connectivity index (χ2n) is 7.41. The Hall–Kier alpha value is -2.98. The lowest BCUT2D eigenvalue weighted by atomic mass is 9.95. The van der Waals surface area contributed by atoms with Crippen molar-refractivity contribution in [1.82, 2.24) is 15.5 Å². The molecule has 1 aromatic carbocycles. The van der Waals surface area contributed by atoms with Crippen LogP contribution >= 0.6 is 0 Å². The molecule has 4 amide bonds. The minimum absolute atomic E-state index is 0.0967. The summed E-state index contributed by atoms with van der Waals surface area (Å²) in [6.07, 6.45) is 0.917. The van der Waals surface area contributed by atoms with Crippen molar-refractivity contribution in [3.05, 3.63) is 35.9 Å². The molecule has 10 heteroatoms. The number of carbonyl (C=O) groups is 4. The van der Waals surface area contributed by atoms with Crippen LogP contribution in [-0.4, -0.2) is 80.6 Å². The van der Waals surface area contributed by atoms with E-state index in [0.717, 1.165) is 5.56 Å². The molecular weight excluding hydrogens is 404 g/mol. The van der Waals surface area contributed by atoms with E-state index in [1.54, 1.807) is 0 Å². The van der Waals surface area contributed by atoms with Gasteiger partial charge in [-0.25, -0.2) is 0 Å². The number of methoxy groups -OCH3 is 2. The molecule has 1 saturated heterocycles. The van der Waals surface area contributed by atoms with Crippen LogP contribution < -0.4 is 16.4 Å². The predicted octanol–water partition coefficient (Wildman–Crippen LogP) is -1.03. The first kappa shape index (κ1) is 24.3. The van der Waals surface area contributed by atoms with Crippen molar-refractivity contribution >= 4 is 23.6 Å². The highest BCUT2D eigenvalue weighted by atomic mass is 16.5. The topological polar surface area (TPSA) is 140 Å². The minimum atomic E-state index is -0.933. The van der Waals surface area contributed by atoms with Crippen molar-refractivity contribution in [2.45, 2.75) is 37.4 Å². The fraction of sp³-hybridized carbons (Fsp3) is 0.524. The molecule has 2 rings (SSSR count).